The van der Waals surface area contributed by atoms with Gasteiger partial charge in [0.15, 0.2) is 5.78 Å². The fourth-order valence-corrected chi connectivity index (χ4v) is 3.12. The van der Waals surface area contributed by atoms with Gasteiger partial charge in [0.1, 0.15) is 17.2 Å². The largest absolute Gasteiger partial charge is 0.507 e. The van der Waals surface area contributed by atoms with Crippen molar-refractivity contribution in [2.24, 2.45) is 0 Å². The van der Waals surface area contributed by atoms with Crippen molar-refractivity contribution in [1.82, 2.24) is 0 Å². The van der Waals surface area contributed by atoms with E-state index in [2.05, 4.69) is 0 Å². The van der Waals surface area contributed by atoms with Crippen LogP contribution >= 0.6 is 0 Å². The molecule has 0 fully saturated rings. The van der Waals surface area contributed by atoms with Gasteiger partial charge in [0, 0.05) is 17.4 Å². The van der Waals surface area contributed by atoms with E-state index in [0.717, 1.165) is 46.2 Å². The fourth-order valence-electron chi connectivity index (χ4n) is 3.12. The van der Waals surface area contributed by atoms with Crippen molar-refractivity contribution in [1.29, 1.82) is 0 Å². The highest BCUT2D eigenvalue weighted by atomic mass is 16.5. The van der Waals surface area contributed by atoms with Gasteiger partial charge in [-0.05, 0) is 66.3 Å². The van der Waals surface area contributed by atoms with E-state index < -0.39 is 0 Å². The van der Waals surface area contributed by atoms with E-state index in [9.17, 15) is 9.90 Å². The molecule has 4 nitrogen and oxygen atoms in total. The Labute approximate surface area is 153 Å². The zero-order chi connectivity index (χ0) is 18.5. The molecule has 0 amide bonds. The minimum absolute atomic E-state index is 0.268. The lowest BCUT2D eigenvalue weighted by Crippen LogP contribution is -2.10. The number of carbonyl (C=O) groups is 1. The molecule has 3 aromatic carbocycles. The van der Waals surface area contributed by atoms with Gasteiger partial charge >= 0.3 is 0 Å². The number of hydrogen-bond donors (Lipinski definition) is 1. The van der Waals surface area contributed by atoms with Crippen LogP contribution in [-0.4, -0.2) is 25.1 Å². The third kappa shape index (κ3) is 3.80. The average molecular weight is 350 g/mol. The predicted molar refractivity (Wildman–Crippen MR) is 102 cm³/mol. The highest BCUT2D eigenvalue weighted by Gasteiger charge is 2.16. The van der Waals surface area contributed by atoms with Gasteiger partial charge in [0.25, 0.3) is 0 Å². The number of Topliss-reactive ketones (excluding diaryl/α,β-unsaturated/α-hetero) is 1. The predicted octanol–water partition coefficient (Wildman–Crippen LogP) is 4.77. The van der Waals surface area contributed by atoms with E-state index in [0.29, 0.717) is 12.2 Å². The molecule has 0 radical (unpaired) electrons. The van der Waals surface area contributed by atoms with Gasteiger partial charge in [0.05, 0.1) is 14.2 Å². The Bertz CT molecular complexity index is 931. The van der Waals surface area contributed by atoms with Crippen LogP contribution in [0.2, 0.25) is 0 Å². The highest BCUT2D eigenvalue weighted by Crippen LogP contribution is 2.27. The zero-order valence-corrected chi connectivity index (χ0v) is 15.0. The Morgan fingerprint density at radius 1 is 0.885 bits per heavy atom. The quantitative estimate of drug-likeness (QED) is 0.723. The van der Waals surface area contributed by atoms with Crippen molar-refractivity contribution in [3.8, 4) is 17.2 Å². The molecule has 0 atom stereocenters. The summed E-state index contributed by atoms with van der Waals surface area (Å²) < 4.78 is 10.2. The molecule has 3 aromatic rings. The summed E-state index contributed by atoms with van der Waals surface area (Å²) in [5.41, 5.74) is 2.02. The number of aryl methyl sites for hydroxylation is 1. The number of aromatic hydroxyl groups is 1. The second-order valence-corrected chi connectivity index (χ2v) is 6.16. The Balaban J connectivity index is 0.000000151. The third-order valence-corrected chi connectivity index (χ3v) is 4.53. The number of phenols is 1. The Kier molecular flexibility index (Phi) is 5.42. The molecule has 134 valence electrons. The number of methoxy groups -OCH3 is 2. The van der Waals surface area contributed by atoms with Crippen molar-refractivity contribution < 1.29 is 19.4 Å². The summed E-state index contributed by atoms with van der Waals surface area (Å²) >= 11 is 0. The van der Waals surface area contributed by atoms with Crippen molar-refractivity contribution >= 4 is 16.6 Å². The van der Waals surface area contributed by atoms with Gasteiger partial charge in [-0.1, -0.05) is 12.1 Å². The summed E-state index contributed by atoms with van der Waals surface area (Å²) in [6.45, 7) is 0. The summed E-state index contributed by atoms with van der Waals surface area (Å²) in [7, 11) is 3.27. The smallest absolute Gasteiger partial charge is 0.163 e. The lowest BCUT2D eigenvalue weighted by Gasteiger charge is -2.14. The van der Waals surface area contributed by atoms with Gasteiger partial charge in [-0.15, -0.1) is 0 Å². The Morgan fingerprint density at radius 2 is 1.62 bits per heavy atom. The van der Waals surface area contributed by atoms with Crippen LogP contribution in [0.5, 0.6) is 17.2 Å². The van der Waals surface area contributed by atoms with Gasteiger partial charge in [0.2, 0.25) is 0 Å². The molecule has 26 heavy (non-hydrogen) atoms. The van der Waals surface area contributed by atoms with Crippen LogP contribution < -0.4 is 9.47 Å². The maximum Gasteiger partial charge on any atom is 0.163 e. The van der Waals surface area contributed by atoms with Crippen LogP contribution in [0.15, 0.2) is 54.6 Å². The zero-order valence-electron chi connectivity index (χ0n) is 15.0. The molecule has 0 aromatic heterocycles. The van der Waals surface area contributed by atoms with Crippen LogP contribution in [0, 0.1) is 0 Å². The van der Waals surface area contributed by atoms with Crippen LogP contribution in [0.25, 0.3) is 10.8 Å². The van der Waals surface area contributed by atoms with E-state index in [1.54, 1.807) is 20.3 Å². The number of hydrogen-bond acceptors (Lipinski definition) is 4. The summed E-state index contributed by atoms with van der Waals surface area (Å²) in [5, 5.41) is 11.3. The summed E-state index contributed by atoms with van der Waals surface area (Å²) in [5.74, 6) is 2.22. The molecule has 0 aliphatic heterocycles. The minimum atomic E-state index is 0.268. The number of phenolic OH excluding ortho intramolecular Hbond substituents is 1. The minimum Gasteiger partial charge on any atom is -0.507 e. The van der Waals surface area contributed by atoms with E-state index >= 15 is 0 Å². The number of benzene rings is 3. The topological polar surface area (TPSA) is 55.8 Å². The summed E-state index contributed by atoms with van der Waals surface area (Å²) in [6.07, 6.45) is 2.66. The van der Waals surface area contributed by atoms with E-state index in [1.165, 1.54) is 0 Å². The maximum atomic E-state index is 11.4. The normalized spacial score (nSPS) is 12.8. The average Bonchev–Trinajstić information content (AvgIpc) is 2.68. The number of carbonyl (C=O) groups excluding carboxylic acids is 1. The first kappa shape index (κ1) is 17.8. The standard InChI is InChI=1S/C11H12O2.C11H10O2/c2*1-13-9-5-6-10-8(7-9)3-2-4-11(10)12/h5-7H,2-4H2,1H3;2-7,12H,1H3. The highest BCUT2D eigenvalue weighted by molar-refractivity contribution is 5.98. The van der Waals surface area contributed by atoms with E-state index in [1.807, 2.05) is 48.5 Å². The molecule has 0 unspecified atom stereocenters. The first-order chi connectivity index (χ1) is 12.6. The van der Waals surface area contributed by atoms with E-state index in [-0.39, 0.29) is 5.78 Å². The summed E-state index contributed by atoms with van der Waals surface area (Å²) in [6, 6.07) is 16.7. The van der Waals surface area contributed by atoms with E-state index in [4.69, 9.17) is 9.47 Å². The van der Waals surface area contributed by atoms with Gasteiger partial charge in [-0.3, -0.25) is 4.79 Å². The third-order valence-electron chi connectivity index (χ3n) is 4.53. The first-order valence-electron chi connectivity index (χ1n) is 8.58. The lowest BCUT2D eigenvalue weighted by atomic mass is 9.91. The van der Waals surface area contributed by atoms with Crippen molar-refractivity contribution in [3.63, 3.8) is 0 Å². The number of rotatable bonds is 2. The second-order valence-electron chi connectivity index (χ2n) is 6.16. The molecular formula is C22H22O4. The van der Waals surface area contributed by atoms with Crippen molar-refractivity contribution in [2.75, 3.05) is 14.2 Å². The Hall–Kier alpha value is -3.01. The van der Waals surface area contributed by atoms with Crippen LogP contribution in [0.1, 0.15) is 28.8 Å². The molecule has 1 N–H and O–H groups in total. The van der Waals surface area contributed by atoms with Crippen LogP contribution in [0.3, 0.4) is 0 Å². The molecule has 1 aliphatic rings. The first-order valence-corrected chi connectivity index (χ1v) is 8.58. The molecule has 0 heterocycles. The number of ether oxygens (including phenoxy) is 2. The van der Waals surface area contributed by atoms with Gasteiger partial charge in [-0.2, -0.15) is 0 Å². The molecule has 4 heteroatoms. The molecule has 0 bridgehead atoms. The Morgan fingerprint density at radius 3 is 2.38 bits per heavy atom. The molecule has 0 saturated carbocycles. The SMILES string of the molecule is COc1ccc2c(O)cccc2c1.COc1ccc2c(c1)CCCC2=O. The van der Waals surface area contributed by atoms with Crippen LogP contribution in [-0.2, 0) is 6.42 Å². The fraction of sp³-hybridized carbons (Fsp3) is 0.227. The van der Waals surface area contributed by atoms with Crippen molar-refractivity contribution in [3.05, 3.63) is 65.7 Å². The van der Waals surface area contributed by atoms with Crippen LogP contribution in [0.4, 0.5) is 0 Å². The maximum absolute atomic E-state index is 11.4. The van der Waals surface area contributed by atoms with Gasteiger partial charge < -0.3 is 14.6 Å². The molecule has 4 rings (SSSR count). The summed E-state index contributed by atoms with van der Waals surface area (Å²) in [4.78, 5) is 11.4. The van der Waals surface area contributed by atoms with Gasteiger partial charge in [-0.25, -0.2) is 0 Å². The molecular weight excluding hydrogens is 328 g/mol. The second kappa shape index (κ2) is 7.91. The molecule has 1 aliphatic carbocycles. The van der Waals surface area contributed by atoms with Crippen molar-refractivity contribution in [2.45, 2.75) is 19.3 Å². The number of ketones is 1. The molecule has 0 spiro atoms. The monoisotopic (exact) mass is 350 g/mol. The number of fused-ring (bicyclic) bond motifs is 2. The lowest BCUT2D eigenvalue weighted by molar-refractivity contribution is 0.0972. The molecule has 0 saturated heterocycles.